The fraction of sp³-hybridized carbons (Fsp3) is 0.130. The number of nitrogens with zero attached hydrogens (tertiary/aromatic N) is 3. The van der Waals surface area contributed by atoms with Crippen LogP contribution in [0.25, 0.3) is 11.0 Å². The molecule has 8 nitrogen and oxygen atoms in total. The van der Waals surface area contributed by atoms with Gasteiger partial charge in [-0.2, -0.15) is 0 Å². The Morgan fingerprint density at radius 1 is 0.938 bits per heavy atom. The van der Waals surface area contributed by atoms with Crippen molar-refractivity contribution in [3.8, 4) is 11.5 Å². The van der Waals surface area contributed by atoms with E-state index in [-0.39, 0.29) is 29.1 Å². The molecular weight excluding hydrogens is 415 g/mol. The molecule has 0 aliphatic rings. The fourth-order valence-corrected chi connectivity index (χ4v) is 3.17. The number of hydrogen-bond donors (Lipinski definition) is 1. The number of nitrogens with one attached hydrogen (secondary N) is 1. The third-order valence-electron chi connectivity index (χ3n) is 4.96. The second-order valence-electron chi connectivity index (χ2n) is 7.16. The largest absolute Gasteiger partial charge is 0.457 e. The van der Waals surface area contributed by atoms with Crippen molar-refractivity contribution in [2.75, 3.05) is 0 Å². The summed E-state index contributed by atoms with van der Waals surface area (Å²) in [6, 6.07) is 15.7. The number of benzene rings is 2. The molecule has 1 amide bonds. The Labute approximate surface area is 181 Å². The second-order valence-corrected chi connectivity index (χ2v) is 7.16. The molecule has 0 radical (unpaired) electrons. The Morgan fingerprint density at radius 2 is 1.56 bits per heavy atom. The van der Waals surface area contributed by atoms with Gasteiger partial charge in [-0.05, 0) is 54.1 Å². The number of halogens is 1. The van der Waals surface area contributed by atoms with Crippen molar-refractivity contribution in [1.82, 2.24) is 19.4 Å². The highest BCUT2D eigenvalue weighted by Crippen LogP contribution is 2.21. The Bertz CT molecular complexity index is 1420. The van der Waals surface area contributed by atoms with Crippen molar-refractivity contribution in [3.05, 3.63) is 98.6 Å². The molecule has 32 heavy (non-hydrogen) atoms. The zero-order valence-electron chi connectivity index (χ0n) is 17.3. The molecule has 9 heteroatoms. The topological polar surface area (TPSA) is 95.2 Å². The quantitative estimate of drug-likeness (QED) is 0.521. The molecule has 2 aromatic heterocycles. The van der Waals surface area contributed by atoms with Crippen molar-refractivity contribution in [2.45, 2.75) is 6.54 Å². The Balaban J connectivity index is 1.45. The summed E-state index contributed by atoms with van der Waals surface area (Å²) in [5, 5.41) is 3.01. The van der Waals surface area contributed by atoms with Gasteiger partial charge in [-0.1, -0.05) is 12.1 Å². The predicted molar refractivity (Wildman–Crippen MR) is 116 cm³/mol. The molecule has 0 saturated carbocycles. The second kappa shape index (κ2) is 8.46. The number of carbonyl (C=O) groups excluding carboxylic acids is 1. The molecule has 2 aromatic carbocycles. The van der Waals surface area contributed by atoms with Gasteiger partial charge in [0.2, 0.25) is 0 Å². The summed E-state index contributed by atoms with van der Waals surface area (Å²) < 4.78 is 20.8. The van der Waals surface area contributed by atoms with Crippen LogP contribution in [0.5, 0.6) is 11.5 Å². The first kappa shape index (κ1) is 21.0. The van der Waals surface area contributed by atoms with Gasteiger partial charge in [-0.15, -0.1) is 0 Å². The monoisotopic (exact) mass is 434 g/mol. The summed E-state index contributed by atoms with van der Waals surface area (Å²) in [6.45, 7) is 0.241. The van der Waals surface area contributed by atoms with Gasteiger partial charge in [0.15, 0.2) is 0 Å². The molecule has 4 aromatic rings. The van der Waals surface area contributed by atoms with Crippen molar-refractivity contribution in [2.24, 2.45) is 14.1 Å². The van der Waals surface area contributed by atoms with E-state index in [4.69, 9.17) is 4.74 Å². The number of hydrogen-bond acceptors (Lipinski definition) is 5. The maximum Gasteiger partial charge on any atom is 0.332 e. The fourth-order valence-electron chi connectivity index (χ4n) is 3.17. The van der Waals surface area contributed by atoms with Gasteiger partial charge < -0.3 is 10.1 Å². The number of fused-ring (bicyclic) bond motifs is 1. The number of aromatic nitrogens is 3. The standard InChI is InChI=1S/C23H19FN4O4/c1-27-20-18(22(30)28(2)23(27)31)11-12-19(26-20)21(29)25-13-14-3-7-16(8-4-14)32-17-9-5-15(24)6-10-17/h3-12H,13H2,1-2H3,(H,25,29). The highest BCUT2D eigenvalue weighted by molar-refractivity contribution is 5.94. The van der Waals surface area contributed by atoms with Crippen LogP contribution in [0, 0.1) is 5.82 Å². The van der Waals surface area contributed by atoms with Crippen LogP contribution < -0.4 is 21.3 Å². The zero-order chi connectivity index (χ0) is 22.8. The van der Waals surface area contributed by atoms with Crippen LogP contribution in [0.2, 0.25) is 0 Å². The van der Waals surface area contributed by atoms with Crippen molar-refractivity contribution < 1.29 is 13.9 Å². The van der Waals surface area contributed by atoms with E-state index < -0.39 is 17.2 Å². The smallest absolute Gasteiger partial charge is 0.332 e. The summed E-state index contributed by atoms with van der Waals surface area (Å²) in [4.78, 5) is 41.1. The van der Waals surface area contributed by atoms with Crippen LogP contribution in [0.1, 0.15) is 16.1 Å². The summed E-state index contributed by atoms with van der Waals surface area (Å²) in [7, 11) is 2.88. The molecule has 4 rings (SSSR count). The zero-order valence-corrected chi connectivity index (χ0v) is 17.3. The van der Waals surface area contributed by atoms with Gasteiger partial charge in [0.25, 0.3) is 11.5 Å². The van der Waals surface area contributed by atoms with E-state index in [0.717, 1.165) is 10.1 Å². The molecule has 0 unspecified atom stereocenters. The summed E-state index contributed by atoms with van der Waals surface area (Å²) in [5.74, 6) is 0.310. The van der Waals surface area contributed by atoms with E-state index in [1.54, 1.807) is 24.3 Å². The molecule has 0 atom stereocenters. The van der Waals surface area contributed by atoms with Gasteiger partial charge in [0.1, 0.15) is 28.7 Å². The molecule has 0 fully saturated rings. The lowest BCUT2D eigenvalue weighted by Gasteiger charge is -2.09. The molecule has 0 bridgehead atoms. The van der Waals surface area contributed by atoms with Gasteiger partial charge in [-0.3, -0.25) is 18.7 Å². The number of aryl methyl sites for hydroxylation is 1. The first-order valence-corrected chi connectivity index (χ1v) is 9.71. The summed E-state index contributed by atoms with van der Waals surface area (Å²) >= 11 is 0. The average molecular weight is 434 g/mol. The van der Waals surface area contributed by atoms with E-state index in [1.165, 1.54) is 55.1 Å². The number of ether oxygens (including phenoxy) is 1. The van der Waals surface area contributed by atoms with E-state index in [1.807, 2.05) is 0 Å². The SMILES string of the molecule is Cn1c(=O)c2ccc(C(=O)NCc3ccc(Oc4ccc(F)cc4)cc3)nc2n(C)c1=O. The average Bonchev–Trinajstić information content (AvgIpc) is 2.81. The van der Waals surface area contributed by atoms with Crippen molar-refractivity contribution in [1.29, 1.82) is 0 Å². The molecule has 0 spiro atoms. The Kier molecular flexibility index (Phi) is 5.55. The lowest BCUT2D eigenvalue weighted by atomic mass is 10.2. The van der Waals surface area contributed by atoms with Crippen LogP contribution in [0.3, 0.4) is 0 Å². The lowest BCUT2D eigenvalue weighted by molar-refractivity contribution is 0.0946. The Morgan fingerprint density at radius 3 is 2.22 bits per heavy atom. The first-order valence-electron chi connectivity index (χ1n) is 9.71. The number of amides is 1. The summed E-state index contributed by atoms with van der Waals surface area (Å²) in [5.41, 5.74) is 0.0814. The van der Waals surface area contributed by atoms with E-state index in [0.29, 0.717) is 11.5 Å². The third-order valence-corrected chi connectivity index (χ3v) is 4.96. The van der Waals surface area contributed by atoms with E-state index >= 15 is 0 Å². The van der Waals surface area contributed by atoms with E-state index in [9.17, 15) is 18.8 Å². The van der Waals surface area contributed by atoms with Crippen LogP contribution in [-0.4, -0.2) is 20.0 Å². The third kappa shape index (κ3) is 4.13. The maximum atomic E-state index is 13.0. The minimum atomic E-state index is -0.518. The van der Waals surface area contributed by atoms with Gasteiger partial charge in [-0.25, -0.2) is 14.2 Å². The van der Waals surface area contributed by atoms with Gasteiger partial charge >= 0.3 is 5.69 Å². The van der Waals surface area contributed by atoms with E-state index in [2.05, 4.69) is 10.3 Å². The molecular formula is C23H19FN4O4. The van der Waals surface area contributed by atoms with Crippen molar-refractivity contribution in [3.63, 3.8) is 0 Å². The predicted octanol–water partition coefficient (Wildman–Crippen LogP) is 2.49. The minimum absolute atomic E-state index is 0.0945. The van der Waals surface area contributed by atoms with Crippen LogP contribution in [0.15, 0.2) is 70.3 Å². The highest BCUT2D eigenvalue weighted by atomic mass is 19.1. The van der Waals surface area contributed by atoms with Crippen molar-refractivity contribution >= 4 is 16.9 Å². The van der Waals surface area contributed by atoms with Gasteiger partial charge in [0, 0.05) is 20.6 Å². The first-order chi connectivity index (χ1) is 15.3. The lowest BCUT2D eigenvalue weighted by Crippen LogP contribution is -2.37. The Hall–Kier alpha value is -4.27. The molecule has 2 heterocycles. The number of rotatable bonds is 5. The highest BCUT2D eigenvalue weighted by Gasteiger charge is 2.13. The summed E-state index contributed by atoms with van der Waals surface area (Å²) in [6.07, 6.45) is 0. The van der Waals surface area contributed by atoms with Crippen LogP contribution >= 0.6 is 0 Å². The minimum Gasteiger partial charge on any atom is -0.457 e. The molecule has 0 aliphatic heterocycles. The van der Waals surface area contributed by atoms with Crippen LogP contribution in [0.4, 0.5) is 4.39 Å². The normalized spacial score (nSPS) is 10.8. The van der Waals surface area contributed by atoms with Gasteiger partial charge in [0.05, 0.1) is 5.39 Å². The maximum absolute atomic E-state index is 13.0. The van der Waals surface area contributed by atoms with Crippen LogP contribution in [-0.2, 0) is 20.6 Å². The molecule has 162 valence electrons. The molecule has 0 aliphatic carbocycles. The molecule has 1 N–H and O–H groups in total. The number of pyridine rings is 1. The molecule has 0 saturated heterocycles. The number of carbonyl (C=O) groups is 1.